The summed E-state index contributed by atoms with van der Waals surface area (Å²) in [5.74, 6) is 1.61. The van der Waals surface area contributed by atoms with Gasteiger partial charge >= 0.3 is 0 Å². The molecule has 0 aliphatic rings. The van der Waals surface area contributed by atoms with Crippen molar-refractivity contribution < 1.29 is 9.47 Å². The van der Waals surface area contributed by atoms with E-state index in [1.165, 1.54) is 0 Å². The molecule has 0 atom stereocenters. The Kier molecular flexibility index (Phi) is 4.10. The second-order valence-corrected chi connectivity index (χ2v) is 4.93. The Balaban J connectivity index is 2.12. The molecule has 0 amide bonds. The molecule has 0 aliphatic carbocycles. The normalized spacial score (nSPS) is 10.3. The van der Waals surface area contributed by atoms with Crippen LogP contribution in [0.15, 0.2) is 54.6 Å². The van der Waals surface area contributed by atoms with Gasteiger partial charge in [0.2, 0.25) is 5.95 Å². The fourth-order valence-corrected chi connectivity index (χ4v) is 2.37. The lowest BCUT2D eigenvalue weighted by atomic mass is 10.1. The summed E-state index contributed by atoms with van der Waals surface area (Å²) in [6.45, 7) is 0. The van der Waals surface area contributed by atoms with Crippen LogP contribution >= 0.6 is 0 Å². The van der Waals surface area contributed by atoms with Crippen molar-refractivity contribution in [3.05, 3.63) is 54.6 Å². The molecule has 0 fully saturated rings. The van der Waals surface area contributed by atoms with Gasteiger partial charge < -0.3 is 15.2 Å². The zero-order valence-corrected chi connectivity index (χ0v) is 13.0. The van der Waals surface area contributed by atoms with Gasteiger partial charge in [0.15, 0.2) is 0 Å². The van der Waals surface area contributed by atoms with Gasteiger partial charge in [-0.05, 0) is 18.2 Å². The molecule has 116 valence electrons. The van der Waals surface area contributed by atoms with Gasteiger partial charge in [-0.1, -0.05) is 30.3 Å². The van der Waals surface area contributed by atoms with Crippen LogP contribution in [0, 0.1) is 0 Å². The van der Waals surface area contributed by atoms with Crippen LogP contribution in [0.5, 0.6) is 11.5 Å². The first kappa shape index (κ1) is 14.8. The van der Waals surface area contributed by atoms with Crippen molar-refractivity contribution in [3.8, 4) is 34.0 Å². The average Bonchev–Trinajstić information content (AvgIpc) is 2.61. The van der Waals surface area contributed by atoms with E-state index in [0.29, 0.717) is 11.4 Å². The minimum absolute atomic E-state index is 0.222. The molecule has 0 spiro atoms. The van der Waals surface area contributed by atoms with Crippen molar-refractivity contribution in [2.75, 3.05) is 20.0 Å². The Morgan fingerprint density at radius 2 is 1.57 bits per heavy atom. The molecule has 0 saturated carbocycles. The SMILES string of the molecule is COc1ccc(-c2cc(-c3ccccc3)nc(N)n2)c(OC)c1. The highest BCUT2D eigenvalue weighted by Gasteiger charge is 2.12. The van der Waals surface area contributed by atoms with Gasteiger partial charge in [0, 0.05) is 17.2 Å². The Bertz CT molecular complexity index is 820. The molecular formula is C18H17N3O2. The zero-order valence-electron chi connectivity index (χ0n) is 13.0. The van der Waals surface area contributed by atoms with Crippen LogP contribution in [0.1, 0.15) is 0 Å². The zero-order chi connectivity index (χ0) is 16.2. The molecule has 5 heteroatoms. The Morgan fingerprint density at radius 1 is 0.826 bits per heavy atom. The molecular weight excluding hydrogens is 290 g/mol. The maximum Gasteiger partial charge on any atom is 0.221 e. The number of methoxy groups -OCH3 is 2. The molecule has 0 bridgehead atoms. The number of hydrogen-bond donors (Lipinski definition) is 1. The number of aromatic nitrogens is 2. The quantitative estimate of drug-likeness (QED) is 0.800. The fourth-order valence-electron chi connectivity index (χ4n) is 2.37. The van der Waals surface area contributed by atoms with E-state index in [2.05, 4.69) is 9.97 Å². The van der Waals surface area contributed by atoms with Gasteiger partial charge in [-0.15, -0.1) is 0 Å². The molecule has 0 aliphatic heterocycles. The van der Waals surface area contributed by atoms with Gasteiger partial charge in [0.05, 0.1) is 25.6 Å². The first-order valence-electron chi connectivity index (χ1n) is 7.13. The number of ether oxygens (including phenoxy) is 2. The summed E-state index contributed by atoms with van der Waals surface area (Å²) in [5.41, 5.74) is 9.18. The van der Waals surface area contributed by atoms with E-state index in [0.717, 1.165) is 22.6 Å². The third kappa shape index (κ3) is 3.08. The van der Waals surface area contributed by atoms with Crippen LogP contribution in [0.2, 0.25) is 0 Å². The lowest BCUT2D eigenvalue weighted by molar-refractivity contribution is 0.395. The van der Waals surface area contributed by atoms with Crippen LogP contribution in [0.3, 0.4) is 0 Å². The van der Waals surface area contributed by atoms with Crippen LogP contribution < -0.4 is 15.2 Å². The van der Waals surface area contributed by atoms with Crippen molar-refractivity contribution in [3.63, 3.8) is 0 Å². The number of nitrogens with two attached hydrogens (primary N) is 1. The average molecular weight is 307 g/mol. The van der Waals surface area contributed by atoms with Gasteiger partial charge in [0.25, 0.3) is 0 Å². The largest absolute Gasteiger partial charge is 0.497 e. The number of nitrogens with zero attached hydrogens (tertiary/aromatic N) is 2. The lowest BCUT2D eigenvalue weighted by Crippen LogP contribution is -1.99. The minimum atomic E-state index is 0.222. The van der Waals surface area contributed by atoms with E-state index in [4.69, 9.17) is 15.2 Å². The van der Waals surface area contributed by atoms with E-state index in [-0.39, 0.29) is 5.95 Å². The third-order valence-electron chi connectivity index (χ3n) is 3.50. The highest BCUT2D eigenvalue weighted by Crippen LogP contribution is 2.34. The predicted octanol–water partition coefficient (Wildman–Crippen LogP) is 3.41. The van der Waals surface area contributed by atoms with Crippen molar-refractivity contribution in [2.24, 2.45) is 0 Å². The molecule has 23 heavy (non-hydrogen) atoms. The third-order valence-corrected chi connectivity index (χ3v) is 3.50. The summed E-state index contributed by atoms with van der Waals surface area (Å²) in [4.78, 5) is 8.66. The van der Waals surface area contributed by atoms with Gasteiger partial charge in [-0.3, -0.25) is 0 Å². The number of hydrogen-bond acceptors (Lipinski definition) is 5. The molecule has 0 saturated heterocycles. The Morgan fingerprint density at radius 3 is 2.26 bits per heavy atom. The first-order chi connectivity index (χ1) is 11.2. The Labute approximate surface area is 134 Å². The molecule has 1 aromatic heterocycles. The molecule has 0 radical (unpaired) electrons. The summed E-state index contributed by atoms with van der Waals surface area (Å²) in [7, 11) is 3.23. The first-order valence-corrected chi connectivity index (χ1v) is 7.13. The topological polar surface area (TPSA) is 70.3 Å². The molecule has 3 aromatic rings. The Hall–Kier alpha value is -3.08. The minimum Gasteiger partial charge on any atom is -0.497 e. The maximum absolute atomic E-state index is 5.89. The monoisotopic (exact) mass is 307 g/mol. The lowest BCUT2D eigenvalue weighted by Gasteiger charge is -2.11. The van der Waals surface area contributed by atoms with Crippen LogP contribution in [0.4, 0.5) is 5.95 Å². The molecule has 2 N–H and O–H groups in total. The predicted molar refractivity (Wildman–Crippen MR) is 90.4 cm³/mol. The van der Waals surface area contributed by atoms with E-state index in [1.54, 1.807) is 14.2 Å². The molecule has 1 heterocycles. The summed E-state index contributed by atoms with van der Waals surface area (Å²) < 4.78 is 10.7. The molecule has 2 aromatic carbocycles. The summed E-state index contributed by atoms with van der Waals surface area (Å²) >= 11 is 0. The molecule has 5 nitrogen and oxygen atoms in total. The van der Waals surface area contributed by atoms with Crippen LogP contribution in [-0.2, 0) is 0 Å². The standard InChI is InChI=1S/C18H17N3O2/c1-22-13-8-9-14(17(10-13)23-2)16-11-15(20-18(19)21-16)12-6-4-3-5-7-12/h3-11H,1-2H3,(H2,19,20,21). The van der Waals surface area contributed by atoms with E-state index >= 15 is 0 Å². The van der Waals surface area contributed by atoms with Gasteiger partial charge in [-0.2, -0.15) is 0 Å². The van der Waals surface area contributed by atoms with Crippen molar-refractivity contribution >= 4 is 5.95 Å². The van der Waals surface area contributed by atoms with E-state index in [1.807, 2.05) is 54.6 Å². The number of rotatable bonds is 4. The smallest absolute Gasteiger partial charge is 0.221 e. The van der Waals surface area contributed by atoms with Crippen molar-refractivity contribution in [1.29, 1.82) is 0 Å². The number of nitrogen functional groups attached to an aromatic ring is 1. The second kappa shape index (κ2) is 6.36. The fraction of sp³-hybridized carbons (Fsp3) is 0.111. The van der Waals surface area contributed by atoms with Crippen molar-refractivity contribution in [2.45, 2.75) is 0 Å². The van der Waals surface area contributed by atoms with Crippen molar-refractivity contribution in [1.82, 2.24) is 9.97 Å². The van der Waals surface area contributed by atoms with E-state index < -0.39 is 0 Å². The number of anilines is 1. The highest BCUT2D eigenvalue weighted by atomic mass is 16.5. The molecule has 3 rings (SSSR count). The summed E-state index contributed by atoms with van der Waals surface area (Å²) in [5, 5.41) is 0. The maximum atomic E-state index is 5.89. The highest BCUT2D eigenvalue weighted by molar-refractivity contribution is 5.73. The summed E-state index contributed by atoms with van der Waals surface area (Å²) in [6, 6.07) is 17.3. The van der Waals surface area contributed by atoms with Gasteiger partial charge in [0.1, 0.15) is 11.5 Å². The second-order valence-electron chi connectivity index (χ2n) is 4.93. The van der Waals surface area contributed by atoms with Crippen LogP contribution in [-0.4, -0.2) is 24.2 Å². The summed E-state index contributed by atoms with van der Waals surface area (Å²) in [6.07, 6.45) is 0. The molecule has 0 unspecified atom stereocenters. The number of benzene rings is 2. The van der Waals surface area contributed by atoms with Crippen LogP contribution in [0.25, 0.3) is 22.5 Å². The van der Waals surface area contributed by atoms with Gasteiger partial charge in [-0.25, -0.2) is 9.97 Å². The van der Waals surface area contributed by atoms with E-state index in [9.17, 15) is 0 Å².